The first-order valence-electron chi connectivity index (χ1n) is 6.12. The zero-order chi connectivity index (χ0) is 12.1. The lowest BCUT2D eigenvalue weighted by Gasteiger charge is -2.10. The minimum absolute atomic E-state index is 0.710. The van der Waals surface area contributed by atoms with E-state index in [1.54, 1.807) is 0 Å². The number of nitriles is 1. The van der Waals surface area contributed by atoms with Crippen LogP contribution in [0.1, 0.15) is 24.0 Å². The van der Waals surface area contributed by atoms with Gasteiger partial charge in [-0.3, -0.25) is 0 Å². The van der Waals surface area contributed by atoms with E-state index in [9.17, 15) is 0 Å². The van der Waals surface area contributed by atoms with Gasteiger partial charge < -0.3 is 10.1 Å². The fraction of sp³-hybridized carbons (Fsp3) is 0.500. The van der Waals surface area contributed by atoms with Crippen LogP contribution in [0.3, 0.4) is 0 Å². The van der Waals surface area contributed by atoms with E-state index in [1.165, 1.54) is 6.42 Å². The molecule has 1 fully saturated rings. The van der Waals surface area contributed by atoms with Gasteiger partial charge in [0.2, 0.25) is 0 Å². The molecule has 1 aromatic carbocycles. The highest BCUT2D eigenvalue weighted by Crippen LogP contribution is 2.18. The largest absolute Gasteiger partial charge is 0.385 e. The van der Waals surface area contributed by atoms with E-state index < -0.39 is 0 Å². The zero-order valence-corrected chi connectivity index (χ0v) is 10.2. The van der Waals surface area contributed by atoms with Crippen molar-refractivity contribution in [1.82, 2.24) is 0 Å². The second-order valence-corrected chi connectivity index (χ2v) is 4.59. The Bertz CT molecular complexity index is 417. The molecule has 3 nitrogen and oxygen atoms in total. The summed E-state index contributed by atoms with van der Waals surface area (Å²) in [4.78, 5) is 0. The van der Waals surface area contributed by atoms with Gasteiger partial charge in [0, 0.05) is 25.4 Å². The first-order chi connectivity index (χ1) is 8.29. The van der Waals surface area contributed by atoms with Crippen molar-refractivity contribution in [1.29, 1.82) is 5.26 Å². The molecule has 1 unspecified atom stereocenters. The molecular formula is C14H18N2O. The van der Waals surface area contributed by atoms with Crippen molar-refractivity contribution in [2.24, 2.45) is 5.92 Å². The third-order valence-electron chi connectivity index (χ3n) is 3.25. The van der Waals surface area contributed by atoms with Crippen LogP contribution >= 0.6 is 0 Å². The number of hydrogen-bond acceptors (Lipinski definition) is 3. The molecule has 1 aliphatic rings. The lowest BCUT2D eigenvalue weighted by molar-refractivity contribution is 0.185. The lowest BCUT2D eigenvalue weighted by Crippen LogP contribution is -2.09. The normalized spacial score (nSPS) is 18.9. The van der Waals surface area contributed by atoms with E-state index in [1.807, 2.05) is 25.1 Å². The van der Waals surface area contributed by atoms with E-state index in [2.05, 4.69) is 11.4 Å². The predicted octanol–water partition coefficient (Wildman–Crippen LogP) is 2.71. The Morgan fingerprint density at radius 1 is 1.53 bits per heavy atom. The molecule has 1 aliphatic heterocycles. The lowest BCUT2D eigenvalue weighted by atomic mass is 10.1. The number of nitrogens with one attached hydrogen (secondary N) is 1. The van der Waals surface area contributed by atoms with Crippen molar-refractivity contribution in [2.45, 2.75) is 19.8 Å². The SMILES string of the molecule is Cc1cc(NCCC2CCOC2)ccc1C#N. The minimum atomic E-state index is 0.710. The van der Waals surface area contributed by atoms with Crippen molar-refractivity contribution < 1.29 is 4.74 Å². The van der Waals surface area contributed by atoms with E-state index in [0.717, 1.165) is 43.0 Å². The van der Waals surface area contributed by atoms with E-state index in [-0.39, 0.29) is 0 Å². The number of rotatable bonds is 4. The molecule has 2 rings (SSSR count). The van der Waals surface area contributed by atoms with Gasteiger partial charge in [-0.25, -0.2) is 0 Å². The molecule has 1 N–H and O–H groups in total. The summed E-state index contributed by atoms with van der Waals surface area (Å²) in [6.45, 7) is 4.77. The van der Waals surface area contributed by atoms with Gasteiger partial charge >= 0.3 is 0 Å². The fourth-order valence-electron chi connectivity index (χ4n) is 2.13. The van der Waals surface area contributed by atoms with Gasteiger partial charge in [-0.05, 0) is 49.4 Å². The zero-order valence-electron chi connectivity index (χ0n) is 10.2. The van der Waals surface area contributed by atoms with Gasteiger partial charge in [0.25, 0.3) is 0 Å². The molecule has 1 aromatic rings. The van der Waals surface area contributed by atoms with Crippen molar-refractivity contribution in [3.63, 3.8) is 0 Å². The molecule has 0 aliphatic carbocycles. The maximum absolute atomic E-state index is 8.84. The molecule has 1 atom stereocenters. The molecular weight excluding hydrogens is 212 g/mol. The molecule has 0 spiro atoms. The second kappa shape index (κ2) is 5.70. The first kappa shape index (κ1) is 11.9. The van der Waals surface area contributed by atoms with Gasteiger partial charge in [-0.2, -0.15) is 5.26 Å². The molecule has 0 bridgehead atoms. The highest BCUT2D eigenvalue weighted by atomic mass is 16.5. The molecule has 0 amide bonds. The predicted molar refractivity (Wildman–Crippen MR) is 67.9 cm³/mol. The number of aryl methyl sites for hydroxylation is 1. The summed E-state index contributed by atoms with van der Waals surface area (Å²) in [5, 5.41) is 12.2. The van der Waals surface area contributed by atoms with Crippen LogP contribution in [0.5, 0.6) is 0 Å². The van der Waals surface area contributed by atoms with Crippen LogP contribution in [0.15, 0.2) is 18.2 Å². The minimum Gasteiger partial charge on any atom is -0.385 e. The van der Waals surface area contributed by atoms with Gasteiger partial charge in [0.1, 0.15) is 0 Å². The Hall–Kier alpha value is -1.53. The highest BCUT2D eigenvalue weighted by Gasteiger charge is 2.14. The van der Waals surface area contributed by atoms with Crippen LogP contribution in [0.4, 0.5) is 5.69 Å². The number of benzene rings is 1. The highest BCUT2D eigenvalue weighted by molar-refractivity contribution is 5.51. The summed E-state index contributed by atoms with van der Waals surface area (Å²) >= 11 is 0. The molecule has 1 heterocycles. The Morgan fingerprint density at radius 3 is 3.06 bits per heavy atom. The molecule has 1 saturated heterocycles. The quantitative estimate of drug-likeness (QED) is 0.865. The van der Waals surface area contributed by atoms with E-state index >= 15 is 0 Å². The monoisotopic (exact) mass is 230 g/mol. The summed E-state index contributed by atoms with van der Waals surface area (Å²) < 4.78 is 5.35. The van der Waals surface area contributed by atoms with E-state index in [4.69, 9.17) is 10.00 Å². The van der Waals surface area contributed by atoms with Crippen molar-refractivity contribution >= 4 is 5.69 Å². The fourth-order valence-corrected chi connectivity index (χ4v) is 2.13. The van der Waals surface area contributed by atoms with Crippen LogP contribution in [-0.2, 0) is 4.74 Å². The maximum atomic E-state index is 8.84. The summed E-state index contributed by atoms with van der Waals surface area (Å²) in [5.41, 5.74) is 2.88. The Morgan fingerprint density at radius 2 is 2.41 bits per heavy atom. The molecule has 0 radical (unpaired) electrons. The van der Waals surface area contributed by atoms with Crippen LogP contribution in [-0.4, -0.2) is 19.8 Å². The van der Waals surface area contributed by atoms with Crippen molar-refractivity contribution in [2.75, 3.05) is 25.1 Å². The molecule has 3 heteroatoms. The molecule has 17 heavy (non-hydrogen) atoms. The topological polar surface area (TPSA) is 45.0 Å². The smallest absolute Gasteiger partial charge is 0.0994 e. The van der Waals surface area contributed by atoms with Gasteiger partial charge in [0.05, 0.1) is 11.6 Å². The third-order valence-corrected chi connectivity index (χ3v) is 3.25. The van der Waals surface area contributed by atoms with Gasteiger partial charge in [-0.15, -0.1) is 0 Å². The average molecular weight is 230 g/mol. The number of hydrogen-bond donors (Lipinski definition) is 1. The summed E-state index contributed by atoms with van der Waals surface area (Å²) in [7, 11) is 0. The van der Waals surface area contributed by atoms with Crippen molar-refractivity contribution in [3.05, 3.63) is 29.3 Å². The second-order valence-electron chi connectivity index (χ2n) is 4.59. The standard InChI is InChI=1S/C14H18N2O/c1-11-8-14(3-2-13(11)9-15)16-6-4-12-5-7-17-10-12/h2-3,8,12,16H,4-7,10H2,1H3. The number of anilines is 1. The summed E-state index contributed by atoms with van der Waals surface area (Å²) in [6.07, 6.45) is 2.34. The molecule has 0 saturated carbocycles. The third kappa shape index (κ3) is 3.21. The Balaban J connectivity index is 1.82. The molecule has 0 aromatic heterocycles. The first-order valence-corrected chi connectivity index (χ1v) is 6.12. The average Bonchev–Trinajstić information content (AvgIpc) is 2.82. The summed E-state index contributed by atoms with van der Waals surface area (Å²) in [5.74, 6) is 0.710. The number of ether oxygens (including phenoxy) is 1. The van der Waals surface area contributed by atoms with E-state index in [0.29, 0.717) is 5.92 Å². The van der Waals surface area contributed by atoms with Crippen LogP contribution in [0.25, 0.3) is 0 Å². The van der Waals surface area contributed by atoms with Gasteiger partial charge in [-0.1, -0.05) is 0 Å². The summed E-state index contributed by atoms with van der Waals surface area (Å²) in [6, 6.07) is 8.05. The maximum Gasteiger partial charge on any atom is 0.0994 e. The van der Waals surface area contributed by atoms with Crippen molar-refractivity contribution in [3.8, 4) is 6.07 Å². The number of nitrogens with zero attached hydrogens (tertiary/aromatic N) is 1. The van der Waals surface area contributed by atoms with Gasteiger partial charge in [0.15, 0.2) is 0 Å². The van der Waals surface area contributed by atoms with Crippen LogP contribution in [0, 0.1) is 24.2 Å². The van der Waals surface area contributed by atoms with Crippen LogP contribution < -0.4 is 5.32 Å². The Kier molecular flexibility index (Phi) is 4.00. The molecule has 90 valence electrons. The Labute approximate surface area is 102 Å². The van der Waals surface area contributed by atoms with Crippen LogP contribution in [0.2, 0.25) is 0 Å².